The summed E-state index contributed by atoms with van der Waals surface area (Å²) in [5.41, 5.74) is 1.89. The summed E-state index contributed by atoms with van der Waals surface area (Å²) < 4.78 is 13.1. The quantitative estimate of drug-likeness (QED) is 0.832. The molecule has 2 unspecified atom stereocenters. The summed E-state index contributed by atoms with van der Waals surface area (Å²) in [7, 11) is 0. The van der Waals surface area contributed by atoms with Gasteiger partial charge in [0.25, 0.3) is 0 Å². The van der Waals surface area contributed by atoms with Crippen molar-refractivity contribution < 1.29 is 4.39 Å². The maximum atomic E-state index is 13.1. The number of anilines is 1. The highest BCUT2D eigenvalue weighted by Crippen LogP contribution is 2.34. The molecule has 102 valence electrons. The van der Waals surface area contributed by atoms with E-state index in [0.717, 1.165) is 28.1 Å². The molecule has 2 aliphatic rings. The number of aryl methyl sites for hydroxylation is 1. The minimum absolute atomic E-state index is 0.186. The Labute approximate surface area is 117 Å². The van der Waals surface area contributed by atoms with Crippen molar-refractivity contribution in [1.82, 2.24) is 0 Å². The largest absolute Gasteiger partial charge is 0.335 e. The van der Waals surface area contributed by atoms with E-state index in [2.05, 4.69) is 5.32 Å². The highest BCUT2D eigenvalue weighted by atomic mass is 32.2. The van der Waals surface area contributed by atoms with Gasteiger partial charge in [0.05, 0.1) is 6.04 Å². The van der Waals surface area contributed by atoms with Crippen molar-refractivity contribution in [2.24, 2.45) is 10.9 Å². The first kappa shape index (κ1) is 13.0. The smallest absolute Gasteiger partial charge is 0.161 e. The zero-order valence-electron chi connectivity index (χ0n) is 11.2. The van der Waals surface area contributed by atoms with Gasteiger partial charge in [-0.1, -0.05) is 24.6 Å². The number of thioether (sulfide) groups is 1. The van der Waals surface area contributed by atoms with Crippen LogP contribution in [-0.4, -0.2) is 17.0 Å². The van der Waals surface area contributed by atoms with Crippen molar-refractivity contribution in [3.8, 4) is 0 Å². The van der Waals surface area contributed by atoms with Crippen molar-refractivity contribution >= 4 is 22.6 Å². The number of hydrogen-bond acceptors (Lipinski definition) is 3. The zero-order chi connectivity index (χ0) is 13.2. The number of nitrogens with one attached hydrogen (secondary N) is 1. The lowest BCUT2D eigenvalue weighted by atomic mass is 9.86. The van der Waals surface area contributed by atoms with E-state index < -0.39 is 0 Å². The topological polar surface area (TPSA) is 24.4 Å². The van der Waals surface area contributed by atoms with E-state index in [0.29, 0.717) is 6.04 Å². The fourth-order valence-corrected chi connectivity index (χ4v) is 4.03. The number of amidine groups is 1. The molecule has 4 heteroatoms. The second kappa shape index (κ2) is 5.53. The van der Waals surface area contributed by atoms with E-state index in [1.807, 2.05) is 6.92 Å². The number of hydrogen-bond donors (Lipinski definition) is 1. The number of aliphatic imine (C=N–C) groups is 1. The van der Waals surface area contributed by atoms with Gasteiger partial charge in [-0.3, -0.25) is 4.99 Å². The second-order valence-electron chi connectivity index (χ2n) is 5.44. The molecular formula is C15H19FN2S. The maximum Gasteiger partial charge on any atom is 0.161 e. The summed E-state index contributed by atoms with van der Waals surface area (Å²) in [5.74, 6) is 1.74. The molecule has 19 heavy (non-hydrogen) atoms. The lowest BCUT2D eigenvalue weighted by molar-refractivity contribution is 0.336. The van der Waals surface area contributed by atoms with Crippen LogP contribution in [0.5, 0.6) is 0 Å². The first-order valence-corrected chi connectivity index (χ1v) is 7.95. The SMILES string of the molecule is Cc1cc(F)ccc1NC1=NC2CCCCC2CS1. The van der Waals surface area contributed by atoms with Crippen LogP contribution in [0.15, 0.2) is 23.2 Å². The fraction of sp³-hybridized carbons (Fsp3) is 0.533. The van der Waals surface area contributed by atoms with Crippen molar-refractivity contribution in [1.29, 1.82) is 0 Å². The van der Waals surface area contributed by atoms with Gasteiger partial charge in [-0.25, -0.2) is 4.39 Å². The van der Waals surface area contributed by atoms with Crippen molar-refractivity contribution in [3.63, 3.8) is 0 Å². The number of fused-ring (bicyclic) bond motifs is 1. The molecule has 1 aromatic rings. The molecule has 1 aromatic carbocycles. The number of halogens is 1. The molecule has 1 saturated carbocycles. The van der Waals surface area contributed by atoms with Crippen LogP contribution in [0.1, 0.15) is 31.2 Å². The van der Waals surface area contributed by atoms with Gasteiger partial charge in [0, 0.05) is 11.4 Å². The zero-order valence-corrected chi connectivity index (χ0v) is 12.0. The van der Waals surface area contributed by atoms with Gasteiger partial charge in [-0.15, -0.1) is 0 Å². The summed E-state index contributed by atoms with van der Waals surface area (Å²) in [6.07, 6.45) is 5.21. The predicted octanol–water partition coefficient (Wildman–Crippen LogP) is 4.21. The fourth-order valence-electron chi connectivity index (χ4n) is 2.88. The van der Waals surface area contributed by atoms with Gasteiger partial charge < -0.3 is 5.32 Å². The van der Waals surface area contributed by atoms with E-state index in [4.69, 9.17) is 4.99 Å². The summed E-state index contributed by atoms with van der Waals surface area (Å²) >= 11 is 1.80. The first-order chi connectivity index (χ1) is 9.22. The Hall–Kier alpha value is -1.03. The molecule has 0 spiro atoms. The Morgan fingerprint density at radius 3 is 3.00 bits per heavy atom. The highest BCUT2D eigenvalue weighted by Gasteiger charge is 2.29. The lowest BCUT2D eigenvalue weighted by Crippen LogP contribution is -2.31. The highest BCUT2D eigenvalue weighted by molar-refractivity contribution is 8.14. The molecule has 2 atom stereocenters. The number of rotatable bonds is 1. The van der Waals surface area contributed by atoms with E-state index in [9.17, 15) is 4.39 Å². The molecule has 0 radical (unpaired) electrons. The van der Waals surface area contributed by atoms with Crippen LogP contribution in [0.3, 0.4) is 0 Å². The monoisotopic (exact) mass is 278 g/mol. The van der Waals surface area contributed by atoms with Crippen molar-refractivity contribution in [2.75, 3.05) is 11.1 Å². The molecule has 0 bridgehead atoms. The normalized spacial score (nSPS) is 26.5. The molecule has 1 fully saturated rings. The minimum Gasteiger partial charge on any atom is -0.335 e. The van der Waals surface area contributed by atoms with E-state index in [1.54, 1.807) is 23.9 Å². The molecular weight excluding hydrogens is 259 g/mol. The maximum absolute atomic E-state index is 13.1. The van der Waals surface area contributed by atoms with Crippen LogP contribution in [0.4, 0.5) is 10.1 Å². The van der Waals surface area contributed by atoms with Crippen LogP contribution in [0.25, 0.3) is 0 Å². The number of benzene rings is 1. The third kappa shape index (κ3) is 2.94. The Morgan fingerprint density at radius 2 is 2.16 bits per heavy atom. The minimum atomic E-state index is -0.186. The first-order valence-electron chi connectivity index (χ1n) is 6.96. The van der Waals surface area contributed by atoms with E-state index >= 15 is 0 Å². The predicted molar refractivity (Wildman–Crippen MR) is 80.4 cm³/mol. The molecule has 1 aliphatic heterocycles. The van der Waals surface area contributed by atoms with Gasteiger partial charge in [-0.05, 0) is 49.4 Å². The van der Waals surface area contributed by atoms with Crippen molar-refractivity contribution in [2.45, 2.75) is 38.6 Å². The van der Waals surface area contributed by atoms with Gasteiger partial charge >= 0.3 is 0 Å². The van der Waals surface area contributed by atoms with Crippen LogP contribution >= 0.6 is 11.8 Å². The Balaban J connectivity index is 1.74. The van der Waals surface area contributed by atoms with Crippen molar-refractivity contribution in [3.05, 3.63) is 29.6 Å². The van der Waals surface area contributed by atoms with Crippen LogP contribution < -0.4 is 5.32 Å². The molecule has 1 aliphatic carbocycles. The van der Waals surface area contributed by atoms with Gasteiger partial charge in [0.1, 0.15) is 5.82 Å². The van der Waals surface area contributed by atoms with E-state index in [-0.39, 0.29) is 5.82 Å². The van der Waals surface area contributed by atoms with Gasteiger partial charge in [-0.2, -0.15) is 0 Å². The Kier molecular flexibility index (Phi) is 3.78. The van der Waals surface area contributed by atoms with Crippen LogP contribution in [0, 0.1) is 18.7 Å². The molecule has 2 nitrogen and oxygen atoms in total. The molecule has 1 N–H and O–H groups in total. The standard InChI is InChI=1S/C15H19FN2S/c1-10-8-12(16)6-7-13(10)17-15-18-14-5-3-2-4-11(14)9-19-15/h6-8,11,14H,2-5,9H2,1H3,(H,17,18). The summed E-state index contributed by atoms with van der Waals surface area (Å²) in [6.45, 7) is 1.92. The molecule has 0 amide bonds. The number of nitrogens with zero attached hydrogens (tertiary/aromatic N) is 1. The average Bonchev–Trinajstić information content (AvgIpc) is 2.42. The second-order valence-corrected chi connectivity index (χ2v) is 6.45. The molecule has 0 saturated heterocycles. The Bertz CT molecular complexity index is 501. The van der Waals surface area contributed by atoms with E-state index in [1.165, 1.54) is 31.7 Å². The third-order valence-corrected chi connectivity index (χ3v) is 5.09. The molecule has 1 heterocycles. The summed E-state index contributed by atoms with van der Waals surface area (Å²) in [4.78, 5) is 4.84. The molecule has 0 aromatic heterocycles. The third-order valence-electron chi connectivity index (χ3n) is 4.02. The summed E-state index contributed by atoms with van der Waals surface area (Å²) in [6, 6.07) is 5.34. The summed E-state index contributed by atoms with van der Waals surface area (Å²) in [5, 5.41) is 4.35. The van der Waals surface area contributed by atoms with Gasteiger partial charge in [0.15, 0.2) is 5.17 Å². The lowest BCUT2D eigenvalue weighted by Gasteiger charge is -2.32. The Morgan fingerprint density at radius 1 is 1.32 bits per heavy atom. The van der Waals surface area contributed by atoms with Gasteiger partial charge in [0.2, 0.25) is 0 Å². The molecule has 3 rings (SSSR count). The van der Waals surface area contributed by atoms with Crippen LogP contribution in [0.2, 0.25) is 0 Å². The van der Waals surface area contributed by atoms with Crippen LogP contribution in [-0.2, 0) is 0 Å². The average molecular weight is 278 g/mol.